The third kappa shape index (κ3) is 3.41. The van der Waals surface area contributed by atoms with Crippen LogP contribution in [-0.4, -0.2) is 39.4 Å². The number of aromatic hydroxyl groups is 1. The van der Waals surface area contributed by atoms with E-state index >= 15 is 0 Å². The highest BCUT2D eigenvalue weighted by Gasteiger charge is 2.40. The lowest BCUT2D eigenvalue weighted by Crippen LogP contribution is -2.56. The largest absolute Gasteiger partial charge is 0.503 e. The number of ether oxygens (including phenoxy) is 1. The number of amides is 1. The monoisotopic (exact) mass is 458 g/mol. The van der Waals surface area contributed by atoms with Crippen LogP contribution in [0.2, 0.25) is 0 Å². The van der Waals surface area contributed by atoms with Gasteiger partial charge in [-0.15, -0.1) is 11.3 Å². The Bertz CT molecular complexity index is 1290. The normalized spacial score (nSPS) is 20.2. The van der Waals surface area contributed by atoms with Crippen LogP contribution in [0.15, 0.2) is 41.3 Å². The quantitative estimate of drug-likeness (QED) is 0.649. The number of hydrogen-bond acceptors (Lipinski definition) is 5. The molecular weight excluding hydrogens is 438 g/mol. The van der Waals surface area contributed by atoms with Crippen molar-refractivity contribution in [1.82, 2.24) is 9.47 Å². The van der Waals surface area contributed by atoms with E-state index in [4.69, 9.17) is 4.74 Å². The van der Waals surface area contributed by atoms with Crippen LogP contribution >= 0.6 is 11.3 Å². The molecule has 2 aliphatic rings. The zero-order valence-electron chi connectivity index (χ0n) is 17.2. The first kappa shape index (κ1) is 20.8. The van der Waals surface area contributed by atoms with Crippen LogP contribution in [0.4, 0.5) is 8.78 Å². The number of carbonyl (C=O) groups is 1. The van der Waals surface area contributed by atoms with Gasteiger partial charge < -0.3 is 19.3 Å². The Hall–Kier alpha value is -3.04. The Kier molecular flexibility index (Phi) is 5.10. The van der Waals surface area contributed by atoms with Gasteiger partial charge in [-0.1, -0.05) is 6.07 Å². The molecule has 0 saturated carbocycles. The maximum absolute atomic E-state index is 14.0. The first-order valence-electron chi connectivity index (χ1n) is 10.3. The summed E-state index contributed by atoms with van der Waals surface area (Å²) >= 11 is 1.28. The number of pyridine rings is 1. The second-order valence-corrected chi connectivity index (χ2v) is 9.24. The molecule has 1 N–H and O–H groups in total. The van der Waals surface area contributed by atoms with E-state index in [-0.39, 0.29) is 23.7 Å². The number of carbonyl (C=O) groups excluding carboxylic acids is 1. The molecule has 0 unspecified atom stereocenters. The van der Waals surface area contributed by atoms with Crippen molar-refractivity contribution in [3.63, 3.8) is 0 Å². The molecule has 32 heavy (non-hydrogen) atoms. The van der Waals surface area contributed by atoms with Gasteiger partial charge in [-0.3, -0.25) is 9.59 Å². The first-order chi connectivity index (χ1) is 15.3. The number of thiophene rings is 1. The number of fused-ring (bicyclic) bond motifs is 2. The highest BCUT2D eigenvalue weighted by Crippen LogP contribution is 2.33. The van der Waals surface area contributed by atoms with E-state index in [2.05, 4.69) is 0 Å². The van der Waals surface area contributed by atoms with Gasteiger partial charge in [0.25, 0.3) is 5.91 Å². The summed E-state index contributed by atoms with van der Waals surface area (Å²) in [7, 11) is 0. The highest BCUT2D eigenvalue weighted by molar-refractivity contribution is 7.15. The predicted molar refractivity (Wildman–Crippen MR) is 115 cm³/mol. The third-order valence-electron chi connectivity index (χ3n) is 5.98. The molecule has 1 fully saturated rings. The molecule has 2 aliphatic heterocycles. The number of hydrogen-bond donors (Lipinski definition) is 1. The van der Waals surface area contributed by atoms with Crippen molar-refractivity contribution in [3.8, 4) is 16.2 Å². The van der Waals surface area contributed by atoms with Crippen LogP contribution in [0.3, 0.4) is 0 Å². The van der Waals surface area contributed by atoms with Crippen LogP contribution in [0, 0.1) is 11.6 Å². The minimum Gasteiger partial charge on any atom is -0.503 e. The van der Waals surface area contributed by atoms with Gasteiger partial charge in [-0.2, -0.15) is 0 Å². The van der Waals surface area contributed by atoms with Crippen molar-refractivity contribution in [3.05, 3.63) is 74.5 Å². The molecule has 166 valence electrons. The minimum absolute atomic E-state index is 0.0301. The van der Waals surface area contributed by atoms with Crippen molar-refractivity contribution < 1.29 is 23.4 Å². The zero-order valence-corrected chi connectivity index (χ0v) is 18.0. The lowest BCUT2D eigenvalue weighted by Gasteiger charge is -2.44. The number of benzene rings is 1. The number of nitrogens with zero attached hydrogens (tertiary/aromatic N) is 2. The number of aromatic nitrogens is 1. The molecule has 0 radical (unpaired) electrons. The molecule has 3 aromatic rings. The summed E-state index contributed by atoms with van der Waals surface area (Å²) < 4.78 is 34.5. The Morgan fingerprint density at radius 2 is 2.03 bits per heavy atom. The molecule has 9 heteroatoms. The summed E-state index contributed by atoms with van der Waals surface area (Å²) in [6.07, 6.45) is 2.06. The Morgan fingerprint density at radius 1 is 1.22 bits per heavy atom. The fourth-order valence-electron chi connectivity index (χ4n) is 4.30. The summed E-state index contributed by atoms with van der Waals surface area (Å²) in [5, 5.41) is 10.6. The highest BCUT2D eigenvalue weighted by atomic mass is 32.1. The zero-order chi connectivity index (χ0) is 22.6. The molecule has 0 bridgehead atoms. The van der Waals surface area contributed by atoms with E-state index in [1.165, 1.54) is 23.5 Å². The lowest BCUT2D eigenvalue weighted by atomic mass is 10.1. The van der Waals surface area contributed by atoms with Crippen LogP contribution < -0.4 is 5.43 Å². The molecule has 1 aromatic carbocycles. The van der Waals surface area contributed by atoms with E-state index < -0.39 is 34.9 Å². The second-order valence-electron chi connectivity index (χ2n) is 8.08. The van der Waals surface area contributed by atoms with Crippen molar-refractivity contribution >= 4 is 17.2 Å². The maximum Gasteiger partial charge on any atom is 0.276 e. The molecule has 1 saturated heterocycles. The Labute approximate surface area is 186 Å². The smallest absolute Gasteiger partial charge is 0.276 e. The van der Waals surface area contributed by atoms with Crippen LogP contribution in [0.1, 0.15) is 34.3 Å². The van der Waals surface area contributed by atoms with Gasteiger partial charge in [0, 0.05) is 34.5 Å². The summed E-state index contributed by atoms with van der Waals surface area (Å²) in [4.78, 5) is 28.9. The second kappa shape index (κ2) is 7.83. The van der Waals surface area contributed by atoms with Gasteiger partial charge >= 0.3 is 0 Å². The minimum atomic E-state index is -0.639. The van der Waals surface area contributed by atoms with Gasteiger partial charge in [0.2, 0.25) is 5.43 Å². The molecule has 1 amide bonds. The SMILES string of the molecule is C[C@@H]1CCO[C@H]2Cn3cc(-c4ccc(Cc5ccc(F)cc5F)s4)c(=O)c(O)c3C(=O)N12. The van der Waals surface area contributed by atoms with E-state index in [0.717, 1.165) is 10.9 Å². The average Bonchev–Trinajstić information content (AvgIpc) is 3.21. The third-order valence-corrected chi connectivity index (χ3v) is 7.10. The van der Waals surface area contributed by atoms with Gasteiger partial charge in [0.15, 0.2) is 17.7 Å². The predicted octanol–water partition coefficient (Wildman–Crippen LogP) is 3.74. The van der Waals surface area contributed by atoms with Crippen molar-refractivity contribution in [1.29, 1.82) is 0 Å². The molecule has 2 atom stereocenters. The summed E-state index contributed by atoms with van der Waals surface area (Å²) in [5.74, 6) is -2.27. The van der Waals surface area contributed by atoms with Crippen molar-refractivity contribution in [2.75, 3.05) is 6.61 Å². The van der Waals surface area contributed by atoms with Gasteiger partial charge in [-0.05, 0) is 37.1 Å². The van der Waals surface area contributed by atoms with E-state index in [0.29, 0.717) is 30.0 Å². The molecular formula is C23H20F2N2O4S. The standard InChI is InChI=1S/C23H20F2N2O4S/c1-12-6-7-31-19-11-26-10-16(21(28)22(29)20(26)23(30)27(12)19)18-5-4-15(32-18)8-13-2-3-14(24)9-17(13)25/h2-5,9-10,12,19,29H,6-8,11H2,1H3/t12-,19+/m1/s1. The van der Waals surface area contributed by atoms with Gasteiger partial charge in [0.05, 0.1) is 18.7 Å². The summed E-state index contributed by atoms with van der Waals surface area (Å²) in [6, 6.07) is 6.88. The van der Waals surface area contributed by atoms with Crippen LogP contribution in [0.5, 0.6) is 5.75 Å². The fraction of sp³-hybridized carbons (Fsp3) is 0.304. The summed E-state index contributed by atoms with van der Waals surface area (Å²) in [6.45, 7) is 2.77. The Morgan fingerprint density at radius 3 is 2.81 bits per heavy atom. The van der Waals surface area contributed by atoms with Gasteiger partial charge in [-0.25, -0.2) is 8.78 Å². The average molecular weight is 458 g/mol. The molecule has 0 aliphatic carbocycles. The van der Waals surface area contributed by atoms with E-state index in [1.54, 1.807) is 27.8 Å². The van der Waals surface area contributed by atoms with E-state index in [1.807, 2.05) is 6.92 Å². The van der Waals surface area contributed by atoms with Crippen LogP contribution in [0.25, 0.3) is 10.4 Å². The molecule has 5 rings (SSSR count). The summed E-state index contributed by atoms with van der Waals surface area (Å²) in [5.41, 5.74) is -0.0567. The number of halogens is 2. The first-order valence-corrected chi connectivity index (χ1v) is 11.1. The number of rotatable bonds is 3. The fourth-order valence-corrected chi connectivity index (χ4v) is 5.34. The van der Waals surface area contributed by atoms with Crippen LogP contribution in [-0.2, 0) is 17.7 Å². The van der Waals surface area contributed by atoms with Crippen molar-refractivity contribution in [2.24, 2.45) is 0 Å². The topological polar surface area (TPSA) is 71.8 Å². The molecule has 6 nitrogen and oxygen atoms in total. The molecule has 2 aromatic heterocycles. The van der Waals surface area contributed by atoms with E-state index in [9.17, 15) is 23.5 Å². The Balaban J connectivity index is 1.50. The lowest BCUT2D eigenvalue weighted by molar-refractivity contribution is -0.112. The molecule has 0 spiro atoms. The van der Waals surface area contributed by atoms with Crippen molar-refractivity contribution in [2.45, 2.75) is 38.6 Å². The molecule has 4 heterocycles. The maximum atomic E-state index is 14.0. The van der Waals surface area contributed by atoms with Gasteiger partial charge in [0.1, 0.15) is 11.6 Å².